The van der Waals surface area contributed by atoms with Crippen LogP contribution in [0.15, 0.2) is 66.2 Å². The van der Waals surface area contributed by atoms with Gasteiger partial charge in [0, 0.05) is 15.8 Å². The summed E-state index contributed by atoms with van der Waals surface area (Å²) in [6, 6.07) is 18.9. The van der Waals surface area contributed by atoms with Gasteiger partial charge >= 0.3 is 0 Å². The van der Waals surface area contributed by atoms with Crippen molar-refractivity contribution in [1.82, 2.24) is 0 Å². The van der Waals surface area contributed by atoms with E-state index in [2.05, 4.69) is 75.9 Å². The van der Waals surface area contributed by atoms with Crippen LogP contribution in [0.2, 0.25) is 0 Å². The molecule has 0 N–H and O–H groups in total. The Morgan fingerprint density at radius 3 is 2.46 bits per heavy atom. The van der Waals surface area contributed by atoms with Crippen LogP contribution in [0.4, 0.5) is 5.69 Å². The molecule has 0 bridgehead atoms. The predicted octanol–water partition coefficient (Wildman–Crippen LogP) is 7.10. The summed E-state index contributed by atoms with van der Waals surface area (Å²) in [5.74, 6) is 0.488. The van der Waals surface area contributed by atoms with E-state index in [1.54, 1.807) is 11.3 Å². The van der Waals surface area contributed by atoms with Crippen LogP contribution in [0.25, 0.3) is 15.7 Å². The van der Waals surface area contributed by atoms with Crippen LogP contribution in [0.5, 0.6) is 0 Å². The van der Waals surface area contributed by atoms with Gasteiger partial charge in [-0.25, -0.2) is 0 Å². The molecule has 3 rings (SSSR count). The molecule has 0 spiro atoms. The van der Waals surface area contributed by atoms with E-state index >= 15 is 0 Å². The maximum absolute atomic E-state index is 5.03. The molecule has 24 heavy (non-hydrogen) atoms. The monoisotopic (exact) mass is 333 g/mol. The molecule has 2 heteroatoms. The van der Waals surface area contributed by atoms with Crippen LogP contribution in [-0.4, -0.2) is 5.71 Å². The molecule has 122 valence electrons. The van der Waals surface area contributed by atoms with Crippen molar-refractivity contribution < 1.29 is 0 Å². The van der Waals surface area contributed by atoms with Gasteiger partial charge in [-0.05, 0) is 36.5 Å². The molecule has 1 aromatic heterocycles. The molecule has 0 amide bonds. The third-order valence-corrected chi connectivity index (χ3v) is 5.80. The van der Waals surface area contributed by atoms with E-state index in [0.717, 1.165) is 23.2 Å². The molecule has 0 saturated heterocycles. The molecule has 2 aromatic carbocycles. The van der Waals surface area contributed by atoms with E-state index in [1.165, 1.54) is 20.7 Å². The highest BCUT2D eigenvalue weighted by Gasteiger charge is 2.16. The normalized spacial score (nSPS) is 13.2. The maximum atomic E-state index is 5.03. The fraction of sp³-hybridized carbons (Fsp3) is 0.227. The van der Waals surface area contributed by atoms with Gasteiger partial charge in [0.15, 0.2) is 0 Å². The summed E-state index contributed by atoms with van der Waals surface area (Å²) in [6.07, 6.45) is 1.10. The highest BCUT2D eigenvalue weighted by molar-refractivity contribution is 7.20. The zero-order valence-electron chi connectivity index (χ0n) is 14.5. The van der Waals surface area contributed by atoms with E-state index in [1.807, 2.05) is 6.07 Å². The maximum Gasteiger partial charge on any atom is 0.0893 e. The molecule has 1 atom stereocenters. The first-order valence-corrected chi connectivity index (χ1v) is 9.24. The van der Waals surface area contributed by atoms with Gasteiger partial charge in [-0.3, -0.25) is 4.99 Å². The first kappa shape index (κ1) is 16.7. The quantitative estimate of drug-likeness (QED) is 0.441. The molecule has 0 saturated carbocycles. The molecule has 0 fully saturated rings. The summed E-state index contributed by atoms with van der Waals surface area (Å²) < 4.78 is 1.26. The Hall–Kier alpha value is -2.19. The minimum absolute atomic E-state index is 0.488. The second-order valence-corrected chi connectivity index (χ2v) is 7.24. The van der Waals surface area contributed by atoms with Crippen LogP contribution in [0.1, 0.15) is 37.6 Å². The summed E-state index contributed by atoms with van der Waals surface area (Å²) in [5.41, 5.74) is 4.46. The van der Waals surface area contributed by atoms with E-state index in [-0.39, 0.29) is 0 Å². The van der Waals surface area contributed by atoms with Crippen molar-refractivity contribution in [3.05, 3.63) is 71.6 Å². The zero-order chi connectivity index (χ0) is 17.1. The summed E-state index contributed by atoms with van der Waals surface area (Å²) in [6.45, 7) is 10.9. The van der Waals surface area contributed by atoms with Gasteiger partial charge in [0.25, 0.3) is 0 Å². The molecule has 0 aliphatic carbocycles. The van der Waals surface area contributed by atoms with Crippen molar-refractivity contribution in [2.45, 2.75) is 27.2 Å². The van der Waals surface area contributed by atoms with Gasteiger partial charge in [0.1, 0.15) is 0 Å². The molecular formula is C22H23NS. The minimum atomic E-state index is 0.488. The van der Waals surface area contributed by atoms with Crippen molar-refractivity contribution in [3.63, 3.8) is 0 Å². The molecule has 1 heterocycles. The molecule has 0 unspecified atom stereocenters. The van der Waals surface area contributed by atoms with Crippen molar-refractivity contribution in [2.75, 3.05) is 0 Å². The molecule has 0 aliphatic rings. The topological polar surface area (TPSA) is 12.4 Å². The molecule has 0 radical (unpaired) electrons. The second-order valence-electron chi connectivity index (χ2n) is 6.18. The summed E-state index contributed by atoms with van der Waals surface area (Å²) >= 11 is 1.78. The van der Waals surface area contributed by atoms with E-state index < -0.39 is 0 Å². The first-order valence-electron chi connectivity index (χ1n) is 8.43. The van der Waals surface area contributed by atoms with Crippen LogP contribution < -0.4 is 0 Å². The average Bonchev–Trinajstić information content (AvgIpc) is 2.99. The number of thiophene rings is 1. The summed E-state index contributed by atoms with van der Waals surface area (Å²) in [4.78, 5) is 6.20. The Kier molecular flexibility index (Phi) is 4.96. The Morgan fingerprint density at radius 2 is 1.75 bits per heavy atom. The third kappa shape index (κ3) is 3.20. The van der Waals surface area contributed by atoms with E-state index in [0.29, 0.717) is 5.92 Å². The number of benzene rings is 2. The second kappa shape index (κ2) is 7.14. The van der Waals surface area contributed by atoms with Crippen molar-refractivity contribution >= 4 is 38.4 Å². The fourth-order valence-electron chi connectivity index (χ4n) is 2.70. The average molecular weight is 334 g/mol. The number of fused-ring (bicyclic) bond motifs is 1. The van der Waals surface area contributed by atoms with Crippen molar-refractivity contribution in [3.8, 4) is 0 Å². The SMILES string of the molecule is C=C(c1ccccc1)c1sc2ccccc2c1N=C(C)[C@H](C)CC. The van der Waals surface area contributed by atoms with Gasteiger partial charge < -0.3 is 0 Å². The highest BCUT2D eigenvalue weighted by Crippen LogP contribution is 2.43. The Balaban J connectivity index is 2.17. The number of hydrogen-bond donors (Lipinski definition) is 0. The van der Waals surface area contributed by atoms with Crippen LogP contribution >= 0.6 is 11.3 Å². The van der Waals surface area contributed by atoms with Crippen LogP contribution in [0.3, 0.4) is 0 Å². The smallest absolute Gasteiger partial charge is 0.0893 e. The molecule has 0 aliphatic heterocycles. The summed E-state index contributed by atoms with van der Waals surface area (Å²) in [7, 11) is 0. The minimum Gasteiger partial charge on any atom is -0.256 e. The van der Waals surface area contributed by atoms with Gasteiger partial charge in [-0.1, -0.05) is 69.0 Å². The lowest BCUT2D eigenvalue weighted by atomic mass is 10.0. The number of aliphatic imine (C=N–C) groups is 1. The van der Waals surface area contributed by atoms with Crippen molar-refractivity contribution in [1.29, 1.82) is 0 Å². The van der Waals surface area contributed by atoms with Gasteiger partial charge in [-0.15, -0.1) is 11.3 Å². The first-order chi connectivity index (χ1) is 11.6. The number of rotatable bonds is 5. The Bertz CT molecular complexity index is 887. The largest absolute Gasteiger partial charge is 0.256 e. The third-order valence-electron chi connectivity index (χ3n) is 4.58. The van der Waals surface area contributed by atoms with E-state index in [9.17, 15) is 0 Å². The van der Waals surface area contributed by atoms with Gasteiger partial charge in [0.05, 0.1) is 10.6 Å². The lowest BCUT2D eigenvalue weighted by Crippen LogP contribution is -2.04. The summed E-state index contributed by atoms with van der Waals surface area (Å²) in [5, 5.41) is 1.22. The van der Waals surface area contributed by atoms with E-state index in [4.69, 9.17) is 4.99 Å². The fourth-order valence-corrected chi connectivity index (χ4v) is 3.83. The lowest BCUT2D eigenvalue weighted by molar-refractivity contribution is 0.736. The Morgan fingerprint density at radius 1 is 1.08 bits per heavy atom. The highest BCUT2D eigenvalue weighted by atomic mass is 32.1. The number of nitrogens with zero attached hydrogens (tertiary/aromatic N) is 1. The van der Waals surface area contributed by atoms with Gasteiger partial charge in [-0.2, -0.15) is 0 Å². The van der Waals surface area contributed by atoms with Crippen LogP contribution in [0, 0.1) is 5.92 Å². The van der Waals surface area contributed by atoms with Crippen molar-refractivity contribution in [2.24, 2.45) is 10.9 Å². The lowest BCUT2D eigenvalue weighted by Gasteiger charge is -2.10. The predicted molar refractivity (Wildman–Crippen MR) is 109 cm³/mol. The van der Waals surface area contributed by atoms with Crippen LogP contribution in [-0.2, 0) is 0 Å². The van der Waals surface area contributed by atoms with Gasteiger partial charge in [0.2, 0.25) is 0 Å². The zero-order valence-corrected chi connectivity index (χ0v) is 15.4. The molecular weight excluding hydrogens is 310 g/mol. The Labute approximate surface area is 148 Å². The standard InChI is InChI=1S/C22H23NS/c1-5-15(2)17(4)23-21-19-13-9-10-14-20(19)24-22(21)16(3)18-11-7-6-8-12-18/h6-15H,3,5H2,1-2,4H3/t15-/m1/s1. The molecule has 3 aromatic rings. The molecule has 1 nitrogen and oxygen atoms in total. The number of hydrogen-bond acceptors (Lipinski definition) is 2.